The van der Waals surface area contributed by atoms with E-state index in [1.807, 2.05) is 6.92 Å². The van der Waals surface area contributed by atoms with Crippen molar-refractivity contribution in [3.05, 3.63) is 90.8 Å². The van der Waals surface area contributed by atoms with Crippen LogP contribution >= 0.6 is 0 Å². The summed E-state index contributed by atoms with van der Waals surface area (Å²) in [7, 11) is -3.62. The molecule has 0 saturated heterocycles. The average Bonchev–Trinajstić information content (AvgIpc) is 3.15. The molecule has 0 bridgehead atoms. The van der Waals surface area contributed by atoms with Crippen molar-refractivity contribution < 1.29 is 13.2 Å². The van der Waals surface area contributed by atoms with E-state index >= 15 is 0 Å². The van der Waals surface area contributed by atoms with Gasteiger partial charge >= 0.3 is 0 Å². The van der Waals surface area contributed by atoms with E-state index in [-0.39, 0.29) is 22.2 Å². The fraction of sp³-hybridized carbons (Fsp3) is 0.0952. The Morgan fingerprint density at radius 2 is 1.90 bits per heavy atom. The summed E-state index contributed by atoms with van der Waals surface area (Å²) in [5, 5.41) is 2.75. The van der Waals surface area contributed by atoms with Gasteiger partial charge in [-0.25, -0.2) is 13.4 Å². The topological polar surface area (TPSA) is 94.0 Å². The maximum atomic E-state index is 12.6. The number of amides is 1. The number of aromatic nitrogens is 3. The van der Waals surface area contributed by atoms with Crippen molar-refractivity contribution in [3.63, 3.8) is 0 Å². The van der Waals surface area contributed by atoms with Crippen LogP contribution in [0, 0.1) is 6.92 Å². The third-order valence-electron chi connectivity index (χ3n) is 4.21. The van der Waals surface area contributed by atoms with Gasteiger partial charge in [-0.15, -0.1) is 0 Å². The predicted molar refractivity (Wildman–Crippen MR) is 109 cm³/mol. The Hall–Kier alpha value is -3.52. The molecule has 148 valence electrons. The summed E-state index contributed by atoms with van der Waals surface area (Å²) in [6.45, 7) is 5.64. The summed E-state index contributed by atoms with van der Waals surface area (Å²) in [5.41, 5.74) is 0.905. The second kappa shape index (κ2) is 8.66. The monoisotopic (exact) mass is 408 g/mol. The number of nitrogens with one attached hydrogen (secondary N) is 1. The van der Waals surface area contributed by atoms with Crippen molar-refractivity contribution in [2.75, 3.05) is 0 Å². The molecule has 0 aliphatic carbocycles. The second-order valence-electron chi connectivity index (χ2n) is 6.15. The average molecular weight is 408 g/mol. The third kappa shape index (κ3) is 4.67. The quantitative estimate of drug-likeness (QED) is 0.479. The lowest BCUT2D eigenvalue weighted by Crippen LogP contribution is -2.24. The molecule has 3 rings (SSSR count). The molecule has 0 atom stereocenters. The molecular weight excluding hydrogens is 388 g/mol. The van der Waals surface area contributed by atoms with Gasteiger partial charge in [0.05, 0.1) is 27.6 Å². The summed E-state index contributed by atoms with van der Waals surface area (Å²) in [6.07, 6.45) is 7.76. The molecule has 8 heteroatoms. The predicted octanol–water partition coefficient (Wildman–Crippen LogP) is 2.76. The van der Waals surface area contributed by atoms with Crippen molar-refractivity contribution in [2.45, 2.75) is 23.3 Å². The Balaban J connectivity index is 1.69. The highest BCUT2D eigenvalue weighted by molar-refractivity contribution is 7.91. The van der Waals surface area contributed by atoms with Gasteiger partial charge in [0, 0.05) is 24.8 Å². The van der Waals surface area contributed by atoms with E-state index in [1.165, 1.54) is 30.5 Å². The number of carbonyl (C=O) groups is 1. The summed E-state index contributed by atoms with van der Waals surface area (Å²) < 4.78 is 26.9. The Morgan fingerprint density at radius 3 is 2.48 bits per heavy atom. The van der Waals surface area contributed by atoms with Crippen LogP contribution in [0.1, 0.15) is 11.5 Å². The Labute approximate surface area is 169 Å². The third-order valence-corrected chi connectivity index (χ3v) is 5.97. The van der Waals surface area contributed by atoms with E-state index in [0.717, 1.165) is 5.82 Å². The van der Waals surface area contributed by atoms with E-state index in [0.29, 0.717) is 11.3 Å². The standard InChI is InChI=1S/C21H20N4O3S/c1-3-17(15-25-12-11-22-16(25)2)21(26)24-13-18-9-10-20(14-23-18)29(27,28)19-7-5-4-6-8-19/h3-12,14-15H,1,13H2,2H3,(H,24,26)/b17-15+. The van der Waals surface area contributed by atoms with Crippen molar-refractivity contribution in [3.8, 4) is 0 Å². The number of benzene rings is 1. The van der Waals surface area contributed by atoms with E-state index in [1.54, 1.807) is 47.4 Å². The van der Waals surface area contributed by atoms with E-state index in [9.17, 15) is 13.2 Å². The molecule has 29 heavy (non-hydrogen) atoms. The Morgan fingerprint density at radius 1 is 1.14 bits per heavy atom. The number of sulfone groups is 1. The lowest BCUT2D eigenvalue weighted by Gasteiger charge is -2.08. The summed E-state index contributed by atoms with van der Waals surface area (Å²) in [5.74, 6) is 0.421. The fourth-order valence-electron chi connectivity index (χ4n) is 2.56. The molecule has 0 unspecified atom stereocenters. The van der Waals surface area contributed by atoms with Crippen LogP contribution in [0.3, 0.4) is 0 Å². The number of nitrogens with zero attached hydrogens (tertiary/aromatic N) is 3. The minimum Gasteiger partial charge on any atom is -0.346 e. The minimum absolute atomic E-state index is 0.0982. The number of imidazole rings is 1. The number of carbonyl (C=O) groups excluding carboxylic acids is 1. The van der Waals surface area contributed by atoms with Gasteiger partial charge in [0.25, 0.3) is 5.91 Å². The minimum atomic E-state index is -3.62. The van der Waals surface area contributed by atoms with Gasteiger partial charge < -0.3 is 9.88 Å². The van der Waals surface area contributed by atoms with Crippen LogP contribution in [0.2, 0.25) is 0 Å². The van der Waals surface area contributed by atoms with Gasteiger partial charge in [-0.3, -0.25) is 9.78 Å². The summed E-state index contributed by atoms with van der Waals surface area (Å²) >= 11 is 0. The van der Waals surface area contributed by atoms with Gasteiger partial charge in [-0.1, -0.05) is 30.9 Å². The normalized spacial score (nSPS) is 11.8. The first-order valence-electron chi connectivity index (χ1n) is 8.79. The molecular formula is C21H20N4O3S. The highest BCUT2D eigenvalue weighted by Gasteiger charge is 2.17. The zero-order valence-electron chi connectivity index (χ0n) is 15.8. The van der Waals surface area contributed by atoms with Crippen LogP contribution in [-0.2, 0) is 21.2 Å². The van der Waals surface area contributed by atoms with Crippen molar-refractivity contribution >= 4 is 21.9 Å². The largest absolute Gasteiger partial charge is 0.346 e. The van der Waals surface area contributed by atoms with Gasteiger partial charge in [-0.2, -0.15) is 0 Å². The molecule has 1 N–H and O–H groups in total. The fourth-order valence-corrected chi connectivity index (χ4v) is 3.79. The van der Waals surface area contributed by atoms with Crippen LogP contribution in [0.25, 0.3) is 6.20 Å². The lowest BCUT2D eigenvalue weighted by molar-refractivity contribution is -0.117. The van der Waals surface area contributed by atoms with Crippen LogP contribution < -0.4 is 5.32 Å². The van der Waals surface area contributed by atoms with Gasteiger partial charge in [0.1, 0.15) is 5.82 Å². The molecule has 0 radical (unpaired) electrons. The molecule has 0 aliphatic rings. The first-order chi connectivity index (χ1) is 13.9. The van der Waals surface area contributed by atoms with Crippen LogP contribution in [0.5, 0.6) is 0 Å². The number of hydrogen-bond acceptors (Lipinski definition) is 5. The zero-order valence-corrected chi connectivity index (χ0v) is 16.6. The maximum absolute atomic E-state index is 12.6. The molecule has 3 aromatic rings. The number of hydrogen-bond donors (Lipinski definition) is 1. The molecule has 7 nitrogen and oxygen atoms in total. The molecule has 1 aromatic carbocycles. The Kier molecular flexibility index (Phi) is 6.04. The summed E-state index contributed by atoms with van der Waals surface area (Å²) in [6, 6.07) is 11.2. The lowest BCUT2D eigenvalue weighted by atomic mass is 10.2. The Bertz CT molecular complexity index is 1150. The van der Waals surface area contributed by atoms with Crippen molar-refractivity contribution in [1.82, 2.24) is 19.9 Å². The van der Waals surface area contributed by atoms with Crippen LogP contribution in [-0.4, -0.2) is 28.9 Å². The SMILES string of the molecule is C=C/C(=C\n1ccnc1C)C(=O)NCc1ccc(S(=O)(=O)c2ccccc2)cn1. The highest BCUT2D eigenvalue weighted by atomic mass is 32.2. The molecule has 2 aromatic heterocycles. The van der Waals surface area contributed by atoms with E-state index in [2.05, 4.69) is 21.9 Å². The molecule has 0 spiro atoms. The highest BCUT2D eigenvalue weighted by Crippen LogP contribution is 2.19. The molecule has 2 heterocycles. The van der Waals surface area contributed by atoms with Gasteiger partial charge in [-0.05, 0) is 31.2 Å². The van der Waals surface area contributed by atoms with Crippen molar-refractivity contribution in [2.24, 2.45) is 0 Å². The van der Waals surface area contributed by atoms with Gasteiger partial charge in [0.15, 0.2) is 0 Å². The van der Waals surface area contributed by atoms with Crippen LogP contribution in [0.4, 0.5) is 0 Å². The number of rotatable bonds is 7. The van der Waals surface area contributed by atoms with Crippen LogP contribution in [0.15, 0.2) is 89.1 Å². The first kappa shape index (κ1) is 20.2. The molecule has 0 fully saturated rings. The number of pyridine rings is 1. The smallest absolute Gasteiger partial charge is 0.253 e. The molecule has 0 saturated carbocycles. The first-order valence-corrected chi connectivity index (χ1v) is 10.3. The zero-order chi connectivity index (χ0) is 20.9. The molecule has 0 aliphatic heterocycles. The molecule has 1 amide bonds. The van der Waals surface area contributed by atoms with Gasteiger partial charge in [0.2, 0.25) is 9.84 Å². The summed E-state index contributed by atoms with van der Waals surface area (Å²) in [4.78, 5) is 21.0. The van der Waals surface area contributed by atoms with Crippen molar-refractivity contribution in [1.29, 1.82) is 0 Å². The second-order valence-corrected chi connectivity index (χ2v) is 8.10. The van der Waals surface area contributed by atoms with E-state index < -0.39 is 9.84 Å². The number of aryl methyl sites for hydroxylation is 1. The maximum Gasteiger partial charge on any atom is 0.253 e. The van der Waals surface area contributed by atoms with E-state index in [4.69, 9.17) is 0 Å².